The minimum Gasteiger partial charge on any atom is -0.497 e. The zero-order valence-corrected chi connectivity index (χ0v) is 14.7. The Kier molecular flexibility index (Phi) is 5.26. The van der Waals surface area contributed by atoms with Gasteiger partial charge in [0.25, 0.3) is 5.91 Å². The molecule has 2 aromatic carbocycles. The smallest absolute Gasteiger partial charge is 0.254 e. The van der Waals surface area contributed by atoms with Crippen molar-refractivity contribution in [1.82, 2.24) is 4.90 Å². The summed E-state index contributed by atoms with van der Waals surface area (Å²) in [6.07, 6.45) is 0. The van der Waals surface area contributed by atoms with Crippen molar-refractivity contribution in [2.75, 3.05) is 32.3 Å². The molecule has 0 bridgehead atoms. The molecule has 136 valence electrons. The van der Waals surface area contributed by atoms with Gasteiger partial charge in [0.2, 0.25) is 12.7 Å². The van der Waals surface area contributed by atoms with Gasteiger partial charge in [-0.15, -0.1) is 0 Å². The van der Waals surface area contributed by atoms with Gasteiger partial charge in [-0.2, -0.15) is 0 Å². The van der Waals surface area contributed by atoms with E-state index in [-0.39, 0.29) is 25.2 Å². The molecule has 0 radical (unpaired) electrons. The van der Waals surface area contributed by atoms with Crippen LogP contribution in [-0.2, 0) is 4.79 Å². The molecule has 1 heterocycles. The van der Waals surface area contributed by atoms with E-state index in [2.05, 4.69) is 5.32 Å². The van der Waals surface area contributed by atoms with Crippen LogP contribution in [0, 0.1) is 0 Å². The van der Waals surface area contributed by atoms with Crippen LogP contribution in [-0.4, -0.2) is 43.7 Å². The molecule has 0 aliphatic carbocycles. The molecule has 1 aliphatic rings. The van der Waals surface area contributed by atoms with Gasteiger partial charge in [-0.25, -0.2) is 0 Å². The number of ether oxygens (including phenoxy) is 3. The van der Waals surface area contributed by atoms with Crippen LogP contribution >= 0.6 is 0 Å². The highest BCUT2D eigenvalue weighted by Crippen LogP contribution is 2.32. The summed E-state index contributed by atoms with van der Waals surface area (Å²) >= 11 is 0. The standard InChI is InChI=1S/C19H20N2O5/c1-3-21(11-18(22)20-14-5-4-6-15(10-14)24-2)19(23)13-7-8-16-17(9-13)26-12-25-16/h4-10H,3,11-12H2,1-2H3,(H,20,22). The number of nitrogens with one attached hydrogen (secondary N) is 1. The van der Waals surface area contributed by atoms with Crippen LogP contribution in [0.25, 0.3) is 0 Å². The summed E-state index contributed by atoms with van der Waals surface area (Å²) < 4.78 is 15.7. The number of benzene rings is 2. The number of carbonyl (C=O) groups is 2. The van der Waals surface area contributed by atoms with Crippen molar-refractivity contribution in [3.8, 4) is 17.2 Å². The molecule has 7 nitrogen and oxygen atoms in total. The van der Waals surface area contributed by atoms with Crippen LogP contribution in [0.2, 0.25) is 0 Å². The molecule has 0 unspecified atom stereocenters. The summed E-state index contributed by atoms with van der Waals surface area (Å²) in [5.74, 6) is 1.26. The molecule has 2 amide bonds. The first-order valence-electron chi connectivity index (χ1n) is 8.23. The van der Waals surface area contributed by atoms with Gasteiger partial charge in [0.1, 0.15) is 12.3 Å². The largest absolute Gasteiger partial charge is 0.497 e. The molecule has 0 spiro atoms. The molecule has 0 fully saturated rings. The fourth-order valence-corrected chi connectivity index (χ4v) is 2.61. The van der Waals surface area contributed by atoms with E-state index in [1.54, 1.807) is 49.6 Å². The molecule has 7 heteroatoms. The Balaban J connectivity index is 1.66. The van der Waals surface area contributed by atoms with Gasteiger partial charge in [0.05, 0.1) is 7.11 Å². The fraction of sp³-hybridized carbons (Fsp3) is 0.263. The number of amides is 2. The Hall–Kier alpha value is -3.22. The molecular formula is C19H20N2O5. The number of carbonyl (C=O) groups excluding carboxylic acids is 2. The second kappa shape index (κ2) is 7.77. The van der Waals surface area contributed by atoms with E-state index in [0.717, 1.165) is 0 Å². The van der Waals surface area contributed by atoms with Crippen molar-refractivity contribution < 1.29 is 23.8 Å². The maximum atomic E-state index is 12.7. The lowest BCUT2D eigenvalue weighted by Crippen LogP contribution is -2.37. The molecule has 0 saturated heterocycles. The third kappa shape index (κ3) is 3.88. The third-order valence-corrected chi connectivity index (χ3v) is 3.98. The molecule has 1 N–H and O–H groups in total. The van der Waals surface area contributed by atoms with Crippen LogP contribution in [0.15, 0.2) is 42.5 Å². The van der Waals surface area contributed by atoms with Crippen molar-refractivity contribution in [3.63, 3.8) is 0 Å². The topological polar surface area (TPSA) is 77.1 Å². The van der Waals surface area contributed by atoms with E-state index in [4.69, 9.17) is 14.2 Å². The van der Waals surface area contributed by atoms with Gasteiger partial charge < -0.3 is 24.4 Å². The van der Waals surface area contributed by atoms with Gasteiger partial charge in [-0.1, -0.05) is 6.07 Å². The van der Waals surface area contributed by atoms with Crippen molar-refractivity contribution in [2.45, 2.75) is 6.92 Å². The highest BCUT2D eigenvalue weighted by atomic mass is 16.7. The van der Waals surface area contributed by atoms with E-state index in [1.165, 1.54) is 4.90 Å². The minimum absolute atomic E-state index is 0.0546. The normalized spacial score (nSPS) is 11.8. The number of rotatable bonds is 6. The monoisotopic (exact) mass is 356 g/mol. The van der Waals surface area contributed by atoms with Crippen molar-refractivity contribution in [2.24, 2.45) is 0 Å². The quantitative estimate of drug-likeness (QED) is 0.861. The van der Waals surface area contributed by atoms with Crippen LogP contribution in [0.3, 0.4) is 0 Å². The van der Waals surface area contributed by atoms with Crippen LogP contribution in [0.5, 0.6) is 17.2 Å². The lowest BCUT2D eigenvalue weighted by molar-refractivity contribution is -0.116. The number of anilines is 1. The number of fused-ring (bicyclic) bond motifs is 1. The first-order chi connectivity index (χ1) is 12.6. The van der Waals surface area contributed by atoms with Gasteiger partial charge >= 0.3 is 0 Å². The molecule has 0 atom stereocenters. The SMILES string of the molecule is CCN(CC(=O)Nc1cccc(OC)c1)C(=O)c1ccc2c(c1)OCO2. The lowest BCUT2D eigenvalue weighted by Gasteiger charge is -2.20. The molecule has 2 aromatic rings. The van der Waals surface area contributed by atoms with Crippen LogP contribution in [0.4, 0.5) is 5.69 Å². The highest BCUT2D eigenvalue weighted by molar-refractivity contribution is 5.99. The van der Waals surface area contributed by atoms with Crippen molar-refractivity contribution in [1.29, 1.82) is 0 Å². The number of likely N-dealkylation sites (N-methyl/N-ethyl adjacent to an activating group) is 1. The summed E-state index contributed by atoms with van der Waals surface area (Å²) in [6, 6.07) is 12.0. The average Bonchev–Trinajstić information content (AvgIpc) is 3.13. The Bertz CT molecular complexity index is 821. The van der Waals surface area contributed by atoms with Gasteiger partial charge in [-0.3, -0.25) is 9.59 Å². The second-order valence-electron chi connectivity index (χ2n) is 5.67. The zero-order valence-electron chi connectivity index (χ0n) is 14.7. The van der Waals surface area contributed by atoms with Gasteiger partial charge in [-0.05, 0) is 37.3 Å². The summed E-state index contributed by atoms with van der Waals surface area (Å²) in [5, 5.41) is 2.77. The van der Waals surface area contributed by atoms with E-state index in [9.17, 15) is 9.59 Å². The van der Waals surface area contributed by atoms with E-state index >= 15 is 0 Å². The van der Waals surface area contributed by atoms with Crippen molar-refractivity contribution in [3.05, 3.63) is 48.0 Å². The number of hydrogen-bond acceptors (Lipinski definition) is 5. The Morgan fingerprint density at radius 1 is 1.15 bits per heavy atom. The Morgan fingerprint density at radius 2 is 1.96 bits per heavy atom. The summed E-state index contributed by atoms with van der Waals surface area (Å²) in [6.45, 7) is 2.32. The van der Waals surface area contributed by atoms with E-state index < -0.39 is 0 Å². The first kappa shape index (κ1) is 17.6. The molecular weight excluding hydrogens is 336 g/mol. The predicted octanol–water partition coefficient (Wildman–Crippen LogP) is 2.52. The van der Waals surface area contributed by atoms with Crippen LogP contribution < -0.4 is 19.5 Å². The Labute approximate surface area is 151 Å². The lowest BCUT2D eigenvalue weighted by atomic mass is 10.1. The Morgan fingerprint density at radius 3 is 2.73 bits per heavy atom. The molecule has 3 rings (SSSR count). The molecule has 0 aromatic heterocycles. The fourth-order valence-electron chi connectivity index (χ4n) is 2.61. The summed E-state index contributed by atoms with van der Waals surface area (Å²) in [5.41, 5.74) is 1.06. The van der Waals surface area contributed by atoms with Crippen LogP contribution in [0.1, 0.15) is 17.3 Å². The van der Waals surface area contributed by atoms with Gasteiger partial charge in [0, 0.05) is 23.9 Å². The first-order valence-corrected chi connectivity index (χ1v) is 8.23. The number of methoxy groups -OCH3 is 1. The molecule has 1 aliphatic heterocycles. The number of hydrogen-bond donors (Lipinski definition) is 1. The van der Waals surface area contributed by atoms with E-state index in [1.807, 2.05) is 6.92 Å². The second-order valence-corrected chi connectivity index (χ2v) is 5.67. The summed E-state index contributed by atoms with van der Waals surface area (Å²) in [7, 11) is 1.56. The number of nitrogens with zero attached hydrogens (tertiary/aromatic N) is 1. The third-order valence-electron chi connectivity index (χ3n) is 3.98. The zero-order chi connectivity index (χ0) is 18.5. The van der Waals surface area contributed by atoms with Gasteiger partial charge in [0.15, 0.2) is 11.5 Å². The summed E-state index contributed by atoms with van der Waals surface area (Å²) in [4.78, 5) is 26.5. The van der Waals surface area contributed by atoms with E-state index in [0.29, 0.717) is 35.0 Å². The maximum absolute atomic E-state index is 12.7. The predicted molar refractivity (Wildman–Crippen MR) is 95.8 cm³/mol. The van der Waals surface area contributed by atoms with Crippen molar-refractivity contribution >= 4 is 17.5 Å². The minimum atomic E-state index is -0.283. The molecule has 0 saturated carbocycles. The molecule has 26 heavy (non-hydrogen) atoms. The highest BCUT2D eigenvalue weighted by Gasteiger charge is 2.21. The maximum Gasteiger partial charge on any atom is 0.254 e. The average molecular weight is 356 g/mol.